The van der Waals surface area contributed by atoms with Crippen LogP contribution in [0.2, 0.25) is 0 Å². The Morgan fingerprint density at radius 3 is 2.65 bits per heavy atom. The van der Waals surface area contributed by atoms with Crippen LogP contribution in [0.25, 0.3) is 0 Å². The Labute approximate surface area is 100 Å². The summed E-state index contributed by atoms with van der Waals surface area (Å²) in [6, 6.07) is 3.39. The highest BCUT2D eigenvalue weighted by Crippen LogP contribution is 2.32. The summed E-state index contributed by atoms with van der Waals surface area (Å²) in [5.41, 5.74) is 0.356. The smallest absolute Gasteiger partial charge is 0.272 e. The lowest BCUT2D eigenvalue weighted by Gasteiger charge is -2.12. The van der Waals surface area contributed by atoms with Crippen LogP contribution in [0.1, 0.15) is 23.3 Å². The van der Waals surface area contributed by atoms with Gasteiger partial charge in [-0.2, -0.15) is 0 Å². The first-order chi connectivity index (χ1) is 8.11. The number of ether oxygens (including phenoxy) is 2. The fourth-order valence-electron chi connectivity index (χ4n) is 1.38. The molecule has 0 spiro atoms. The molecule has 1 saturated carbocycles. The highest BCUT2D eigenvalue weighted by Gasteiger charge is 2.25. The third-order valence-electron chi connectivity index (χ3n) is 2.46. The Hall–Kier alpha value is -1.78. The zero-order chi connectivity index (χ0) is 12.4. The molecule has 2 rings (SSSR count). The second-order valence-electron chi connectivity index (χ2n) is 4.22. The van der Waals surface area contributed by atoms with Gasteiger partial charge in [-0.05, 0) is 25.0 Å². The predicted octanol–water partition coefficient (Wildman–Crippen LogP) is 1.33. The summed E-state index contributed by atoms with van der Waals surface area (Å²) < 4.78 is 10.8. The molecule has 5 nitrogen and oxygen atoms in total. The average Bonchev–Trinajstić information content (AvgIpc) is 3.12. The Morgan fingerprint density at radius 1 is 1.41 bits per heavy atom. The number of hydrogen-bond donors (Lipinski definition) is 0. The van der Waals surface area contributed by atoms with Crippen molar-refractivity contribution in [2.45, 2.75) is 18.9 Å². The van der Waals surface area contributed by atoms with Crippen molar-refractivity contribution in [3.05, 3.63) is 17.8 Å². The summed E-state index contributed by atoms with van der Waals surface area (Å²) >= 11 is 0. The number of carbonyl (C=O) groups excluding carboxylic acids is 1. The van der Waals surface area contributed by atoms with E-state index in [1.165, 1.54) is 12.0 Å². The molecular formula is C12H16N2O3. The number of rotatable bonds is 4. The Bertz CT molecular complexity index is 428. The van der Waals surface area contributed by atoms with Crippen molar-refractivity contribution in [3.63, 3.8) is 0 Å². The van der Waals surface area contributed by atoms with Crippen molar-refractivity contribution in [1.82, 2.24) is 9.88 Å². The number of nitrogens with zero attached hydrogens (tertiary/aromatic N) is 2. The van der Waals surface area contributed by atoms with Crippen molar-refractivity contribution < 1.29 is 14.3 Å². The molecule has 0 unspecified atom stereocenters. The monoisotopic (exact) mass is 236 g/mol. The van der Waals surface area contributed by atoms with Gasteiger partial charge in [0.25, 0.3) is 11.8 Å². The van der Waals surface area contributed by atoms with Crippen LogP contribution in [-0.4, -0.2) is 43.1 Å². The minimum absolute atomic E-state index is 0.152. The minimum Gasteiger partial charge on any atom is -0.485 e. The van der Waals surface area contributed by atoms with Crippen LogP contribution in [0.5, 0.6) is 11.6 Å². The molecule has 5 heteroatoms. The first-order valence-electron chi connectivity index (χ1n) is 5.55. The molecule has 17 heavy (non-hydrogen) atoms. The number of methoxy groups -OCH3 is 1. The van der Waals surface area contributed by atoms with Crippen LogP contribution in [0.4, 0.5) is 0 Å². The van der Waals surface area contributed by atoms with Crippen molar-refractivity contribution in [2.24, 2.45) is 0 Å². The molecular weight excluding hydrogens is 220 g/mol. The van der Waals surface area contributed by atoms with Gasteiger partial charge in [-0.3, -0.25) is 4.79 Å². The van der Waals surface area contributed by atoms with E-state index in [2.05, 4.69) is 4.98 Å². The first kappa shape index (κ1) is 11.7. The fourth-order valence-corrected chi connectivity index (χ4v) is 1.38. The zero-order valence-electron chi connectivity index (χ0n) is 10.3. The summed E-state index contributed by atoms with van der Waals surface area (Å²) in [7, 11) is 4.89. The molecule has 0 radical (unpaired) electrons. The van der Waals surface area contributed by atoms with Crippen LogP contribution in [0.3, 0.4) is 0 Å². The second-order valence-corrected chi connectivity index (χ2v) is 4.22. The van der Waals surface area contributed by atoms with E-state index in [4.69, 9.17) is 9.47 Å². The van der Waals surface area contributed by atoms with Gasteiger partial charge >= 0.3 is 0 Å². The third-order valence-corrected chi connectivity index (χ3v) is 2.46. The van der Waals surface area contributed by atoms with E-state index < -0.39 is 0 Å². The SMILES string of the molecule is COc1nc(C(=O)N(C)C)ccc1OC1CC1. The first-order valence-corrected chi connectivity index (χ1v) is 5.55. The molecule has 0 N–H and O–H groups in total. The van der Waals surface area contributed by atoms with Crippen molar-refractivity contribution >= 4 is 5.91 Å². The van der Waals surface area contributed by atoms with E-state index in [0.717, 1.165) is 12.8 Å². The molecule has 1 aliphatic carbocycles. The quantitative estimate of drug-likeness (QED) is 0.791. The van der Waals surface area contributed by atoms with Gasteiger partial charge in [0, 0.05) is 14.1 Å². The highest BCUT2D eigenvalue weighted by atomic mass is 16.5. The summed E-state index contributed by atoms with van der Waals surface area (Å²) in [5.74, 6) is 0.816. The number of aromatic nitrogens is 1. The molecule has 1 aromatic rings. The summed E-state index contributed by atoms with van der Waals surface area (Å²) in [5, 5.41) is 0. The van der Waals surface area contributed by atoms with Crippen LogP contribution in [-0.2, 0) is 0 Å². The summed E-state index contributed by atoms with van der Waals surface area (Å²) in [4.78, 5) is 17.4. The standard InChI is InChI=1S/C12H16N2O3/c1-14(2)12(15)9-6-7-10(11(13-9)16-3)17-8-4-5-8/h6-8H,4-5H2,1-3H3. The molecule has 0 saturated heterocycles. The van der Waals surface area contributed by atoms with Crippen LogP contribution < -0.4 is 9.47 Å². The van der Waals surface area contributed by atoms with E-state index in [9.17, 15) is 4.79 Å². The lowest BCUT2D eigenvalue weighted by molar-refractivity contribution is 0.0821. The van der Waals surface area contributed by atoms with Gasteiger partial charge < -0.3 is 14.4 Å². The highest BCUT2D eigenvalue weighted by molar-refractivity contribution is 5.92. The molecule has 0 atom stereocenters. The summed E-state index contributed by atoms with van der Waals surface area (Å²) in [6.45, 7) is 0. The van der Waals surface area contributed by atoms with E-state index >= 15 is 0 Å². The molecule has 1 aliphatic rings. The van der Waals surface area contributed by atoms with E-state index in [1.54, 1.807) is 26.2 Å². The molecule has 0 aromatic carbocycles. The Morgan fingerprint density at radius 2 is 2.12 bits per heavy atom. The van der Waals surface area contributed by atoms with Crippen LogP contribution in [0.15, 0.2) is 12.1 Å². The number of hydrogen-bond acceptors (Lipinski definition) is 4. The van der Waals surface area contributed by atoms with Crippen molar-refractivity contribution in [2.75, 3.05) is 21.2 Å². The van der Waals surface area contributed by atoms with Crippen molar-refractivity contribution in [1.29, 1.82) is 0 Å². The maximum absolute atomic E-state index is 11.7. The zero-order valence-corrected chi connectivity index (χ0v) is 10.3. The van der Waals surface area contributed by atoms with E-state index in [1.807, 2.05) is 0 Å². The van der Waals surface area contributed by atoms with Gasteiger partial charge in [-0.15, -0.1) is 0 Å². The second kappa shape index (κ2) is 4.61. The lowest BCUT2D eigenvalue weighted by atomic mass is 10.3. The van der Waals surface area contributed by atoms with Gasteiger partial charge in [0.2, 0.25) is 0 Å². The van der Waals surface area contributed by atoms with Crippen LogP contribution in [0, 0.1) is 0 Å². The van der Waals surface area contributed by atoms with Gasteiger partial charge in [0.1, 0.15) is 5.69 Å². The van der Waals surface area contributed by atoms with Gasteiger partial charge in [0.15, 0.2) is 5.75 Å². The molecule has 92 valence electrons. The molecule has 1 aromatic heterocycles. The third kappa shape index (κ3) is 2.67. The normalized spacial score (nSPS) is 14.3. The Kier molecular flexibility index (Phi) is 3.17. The fraction of sp³-hybridized carbons (Fsp3) is 0.500. The number of pyridine rings is 1. The lowest BCUT2D eigenvalue weighted by Crippen LogP contribution is -2.22. The van der Waals surface area contributed by atoms with E-state index in [0.29, 0.717) is 17.3 Å². The van der Waals surface area contributed by atoms with Gasteiger partial charge in [0.05, 0.1) is 13.2 Å². The van der Waals surface area contributed by atoms with Crippen molar-refractivity contribution in [3.8, 4) is 11.6 Å². The maximum Gasteiger partial charge on any atom is 0.272 e. The van der Waals surface area contributed by atoms with Gasteiger partial charge in [-0.1, -0.05) is 0 Å². The van der Waals surface area contributed by atoms with Crippen LogP contribution >= 0.6 is 0 Å². The molecule has 0 bridgehead atoms. The topological polar surface area (TPSA) is 51.7 Å². The molecule has 1 fully saturated rings. The average molecular weight is 236 g/mol. The Balaban J connectivity index is 2.23. The molecule has 0 aliphatic heterocycles. The maximum atomic E-state index is 11.7. The molecule has 1 amide bonds. The number of amides is 1. The minimum atomic E-state index is -0.152. The van der Waals surface area contributed by atoms with E-state index in [-0.39, 0.29) is 12.0 Å². The van der Waals surface area contributed by atoms with Gasteiger partial charge in [-0.25, -0.2) is 4.98 Å². The predicted molar refractivity (Wildman–Crippen MR) is 62.5 cm³/mol. The number of carbonyl (C=O) groups is 1. The summed E-state index contributed by atoms with van der Waals surface area (Å²) in [6.07, 6.45) is 2.42. The molecule has 1 heterocycles. The largest absolute Gasteiger partial charge is 0.485 e.